The fourth-order valence-electron chi connectivity index (χ4n) is 1.39. The smallest absolute Gasteiger partial charge is 0.274 e. The van der Waals surface area contributed by atoms with Crippen LogP contribution in [0.1, 0.15) is 43.9 Å². The molecule has 0 bridgehead atoms. The maximum atomic E-state index is 11.8. The van der Waals surface area contributed by atoms with Gasteiger partial charge in [0.15, 0.2) is 5.69 Å². The largest absolute Gasteiger partial charge is 0.379 e. The summed E-state index contributed by atoms with van der Waals surface area (Å²) in [7, 11) is 0. The summed E-state index contributed by atoms with van der Waals surface area (Å²) < 4.78 is 0. The number of nitrogens with zero attached hydrogens (tertiary/aromatic N) is 1. The van der Waals surface area contributed by atoms with E-state index in [1.54, 1.807) is 0 Å². The summed E-state index contributed by atoms with van der Waals surface area (Å²) in [5.74, 6) is -0.150. The first-order chi connectivity index (χ1) is 7.41. The molecular weight excluding hydrogens is 204 g/mol. The summed E-state index contributed by atoms with van der Waals surface area (Å²) in [5, 5.41) is 12.9. The van der Waals surface area contributed by atoms with Crippen molar-refractivity contribution in [3.8, 4) is 0 Å². The van der Waals surface area contributed by atoms with Crippen LogP contribution in [0.25, 0.3) is 0 Å². The Bertz CT molecular complexity index is 368. The summed E-state index contributed by atoms with van der Waals surface area (Å²) in [6.45, 7) is 9.79. The first kappa shape index (κ1) is 12.5. The third-order valence-electron chi connectivity index (χ3n) is 2.02. The Morgan fingerprint density at radius 2 is 1.88 bits per heavy atom. The van der Waals surface area contributed by atoms with Crippen LogP contribution in [0.15, 0.2) is 0 Å². The lowest BCUT2D eigenvalue weighted by Gasteiger charge is -2.12. The highest BCUT2D eigenvalue weighted by Gasteiger charge is 2.18. The molecule has 0 aromatic carbocycles. The van der Waals surface area contributed by atoms with Crippen LogP contribution in [-0.4, -0.2) is 28.2 Å². The van der Waals surface area contributed by atoms with Crippen molar-refractivity contribution < 1.29 is 4.79 Å². The fraction of sp³-hybridized carbons (Fsp3) is 0.636. The SMILES string of the molecule is Cc1[nH]nc(C(=O)NC(C)C)c1NC(C)C. The Kier molecular flexibility index (Phi) is 3.93. The van der Waals surface area contributed by atoms with E-state index >= 15 is 0 Å². The van der Waals surface area contributed by atoms with E-state index in [-0.39, 0.29) is 18.0 Å². The minimum absolute atomic E-state index is 0.108. The van der Waals surface area contributed by atoms with Gasteiger partial charge in [-0.05, 0) is 34.6 Å². The molecule has 0 spiro atoms. The Morgan fingerprint density at radius 1 is 1.25 bits per heavy atom. The quantitative estimate of drug-likeness (QED) is 0.728. The lowest BCUT2D eigenvalue weighted by atomic mass is 10.2. The van der Waals surface area contributed by atoms with Crippen LogP contribution in [0.5, 0.6) is 0 Å². The van der Waals surface area contributed by atoms with E-state index in [2.05, 4.69) is 20.8 Å². The van der Waals surface area contributed by atoms with E-state index in [0.29, 0.717) is 5.69 Å². The average Bonchev–Trinajstić information content (AvgIpc) is 2.46. The fourth-order valence-corrected chi connectivity index (χ4v) is 1.39. The monoisotopic (exact) mass is 224 g/mol. The summed E-state index contributed by atoms with van der Waals surface area (Å²) in [5.41, 5.74) is 2.09. The topological polar surface area (TPSA) is 69.8 Å². The van der Waals surface area contributed by atoms with Crippen LogP contribution in [0, 0.1) is 6.92 Å². The molecule has 0 aliphatic carbocycles. The van der Waals surface area contributed by atoms with Gasteiger partial charge in [0.1, 0.15) is 0 Å². The third kappa shape index (κ3) is 2.98. The van der Waals surface area contributed by atoms with Crippen molar-refractivity contribution in [2.45, 2.75) is 46.7 Å². The Balaban J connectivity index is 2.91. The molecular formula is C11H20N4O. The van der Waals surface area contributed by atoms with Crippen LogP contribution in [0.3, 0.4) is 0 Å². The highest BCUT2D eigenvalue weighted by atomic mass is 16.2. The molecule has 1 heterocycles. The number of H-pyrrole nitrogens is 1. The zero-order valence-electron chi connectivity index (χ0n) is 10.5. The Labute approximate surface area is 96.0 Å². The number of nitrogens with one attached hydrogen (secondary N) is 3. The van der Waals surface area contributed by atoms with Gasteiger partial charge in [0.2, 0.25) is 0 Å². The molecule has 16 heavy (non-hydrogen) atoms. The standard InChI is InChI=1S/C11H20N4O/c1-6(2)12-9-8(5)14-15-10(9)11(16)13-7(3)4/h6-7,12H,1-5H3,(H,13,16)(H,14,15). The van der Waals surface area contributed by atoms with Crippen molar-refractivity contribution >= 4 is 11.6 Å². The van der Waals surface area contributed by atoms with Crippen LogP contribution < -0.4 is 10.6 Å². The minimum atomic E-state index is -0.150. The molecule has 0 aliphatic rings. The molecule has 5 nitrogen and oxygen atoms in total. The highest BCUT2D eigenvalue weighted by molar-refractivity contribution is 5.98. The zero-order valence-corrected chi connectivity index (χ0v) is 10.5. The van der Waals surface area contributed by atoms with Crippen molar-refractivity contribution in [2.24, 2.45) is 0 Å². The van der Waals surface area contributed by atoms with Gasteiger partial charge < -0.3 is 10.6 Å². The first-order valence-electron chi connectivity index (χ1n) is 5.54. The van der Waals surface area contributed by atoms with Crippen LogP contribution in [0.4, 0.5) is 5.69 Å². The Morgan fingerprint density at radius 3 is 2.38 bits per heavy atom. The van der Waals surface area contributed by atoms with E-state index in [1.807, 2.05) is 34.6 Å². The van der Waals surface area contributed by atoms with E-state index < -0.39 is 0 Å². The number of aryl methyl sites for hydroxylation is 1. The van der Waals surface area contributed by atoms with Crippen molar-refractivity contribution in [1.29, 1.82) is 0 Å². The second-order valence-corrected chi connectivity index (χ2v) is 4.50. The number of hydrogen-bond acceptors (Lipinski definition) is 3. The van der Waals surface area contributed by atoms with E-state index in [1.165, 1.54) is 0 Å². The molecule has 90 valence electrons. The van der Waals surface area contributed by atoms with E-state index in [0.717, 1.165) is 11.4 Å². The predicted octanol–water partition coefficient (Wildman–Crippen LogP) is 1.68. The lowest BCUT2D eigenvalue weighted by molar-refractivity contribution is 0.0939. The van der Waals surface area contributed by atoms with Gasteiger partial charge in [0.25, 0.3) is 5.91 Å². The predicted molar refractivity (Wildman–Crippen MR) is 64.7 cm³/mol. The normalized spacial score (nSPS) is 10.9. The van der Waals surface area contributed by atoms with Crippen molar-refractivity contribution in [1.82, 2.24) is 15.5 Å². The van der Waals surface area contributed by atoms with Crippen molar-refractivity contribution in [2.75, 3.05) is 5.32 Å². The molecule has 0 aliphatic heterocycles. The molecule has 0 atom stereocenters. The second kappa shape index (κ2) is 5.01. The van der Waals surface area contributed by atoms with Gasteiger partial charge in [-0.15, -0.1) is 0 Å². The van der Waals surface area contributed by atoms with Crippen LogP contribution in [-0.2, 0) is 0 Å². The summed E-state index contributed by atoms with van der Waals surface area (Å²) in [6.07, 6.45) is 0. The van der Waals surface area contributed by atoms with Gasteiger partial charge in [-0.1, -0.05) is 0 Å². The maximum Gasteiger partial charge on any atom is 0.274 e. The van der Waals surface area contributed by atoms with Crippen LogP contribution in [0.2, 0.25) is 0 Å². The van der Waals surface area contributed by atoms with Crippen molar-refractivity contribution in [3.05, 3.63) is 11.4 Å². The number of anilines is 1. The zero-order chi connectivity index (χ0) is 12.3. The Hall–Kier alpha value is -1.52. The maximum absolute atomic E-state index is 11.8. The summed E-state index contributed by atoms with van der Waals surface area (Å²) in [4.78, 5) is 11.8. The van der Waals surface area contributed by atoms with Gasteiger partial charge in [0, 0.05) is 12.1 Å². The molecule has 0 saturated carbocycles. The second-order valence-electron chi connectivity index (χ2n) is 4.50. The van der Waals surface area contributed by atoms with Gasteiger partial charge in [-0.25, -0.2) is 0 Å². The van der Waals surface area contributed by atoms with E-state index in [4.69, 9.17) is 0 Å². The number of carbonyl (C=O) groups is 1. The highest BCUT2D eigenvalue weighted by Crippen LogP contribution is 2.18. The minimum Gasteiger partial charge on any atom is -0.379 e. The van der Waals surface area contributed by atoms with E-state index in [9.17, 15) is 4.79 Å². The van der Waals surface area contributed by atoms with Gasteiger partial charge >= 0.3 is 0 Å². The van der Waals surface area contributed by atoms with Crippen LogP contribution >= 0.6 is 0 Å². The molecule has 1 rings (SSSR count). The first-order valence-corrected chi connectivity index (χ1v) is 5.54. The molecule has 5 heteroatoms. The molecule has 0 fully saturated rings. The number of hydrogen-bond donors (Lipinski definition) is 3. The number of aromatic amines is 1. The number of aromatic nitrogens is 2. The molecule has 1 aromatic rings. The van der Waals surface area contributed by atoms with Gasteiger partial charge in [-0.2, -0.15) is 5.10 Å². The number of carbonyl (C=O) groups excluding carboxylic acids is 1. The van der Waals surface area contributed by atoms with Gasteiger partial charge in [0.05, 0.1) is 11.4 Å². The molecule has 0 saturated heterocycles. The van der Waals surface area contributed by atoms with Gasteiger partial charge in [-0.3, -0.25) is 9.89 Å². The third-order valence-corrected chi connectivity index (χ3v) is 2.02. The van der Waals surface area contributed by atoms with Crippen molar-refractivity contribution in [3.63, 3.8) is 0 Å². The molecule has 0 radical (unpaired) electrons. The molecule has 1 amide bonds. The summed E-state index contributed by atoms with van der Waals surface area (Å²) in [6, 6.07) is 0.373. The number of amides is 1. The molecule has 0 unspecified atom stereocenters. The molecule has 3 N–H and O–H groups in total. The average molecular weight is 224 g/mol. The number of rotatable bonds is 4. The molecule has 1 aromatic heterocycles. The summed E-state index contributed by atoms with van der Waals surface area (Å²) >= 11 is 0. The lowest BCUT2D eigenvalue weighted by Crippen LogP contribution is -2.31.